The van der Waals surface area contributed by atoms with E-state index in [1.54, 1.807) is 0 Å². The smallest absolute Gasteiger partial charge is 0.217 e. The maximum absolute atomic E-state index is 6.43. The monoisotopic (exact) mass is 401 g/mol. The standard InChI is InChI=1S/C26H28NOP/c1-19(2)24-26(3,4)28-25(27-24)22-17-11-12-18-23(22)29(20-13-7-5-8-14-20)21-15-9-6-10-16-21/h5-19,24H,1-4H3. The highest BCUT2D eigenvalue weighted by Crippen LogP contribution is 2.37. The number of aliphatic imine (C=N–C) groups is 1. The summed E-state index contributed by atoms with van der Waals surface area (Å²) in [5.74, 6) is 1.21. The summed E-state index contributed by atoms with van der Waals surface area (Å²) in [4.78, 5) is 5.05. The molecule has 0 aliphatic carbocycles. The molecule has 1 unspecified atom stereocenters. The van der Waals surface area contributed by atoms with Gasteiger partial charge in [-0.25, -0.2) is 4.99 Å². The molecule has 1 atom stereocenters. The first-order valence-corrected chi connectivity index (χ1v) is 11.6. The summed E-state index contributed by atoms with van der Waals surface area (Å²) < 4.78 is 6.43. The summed E-state index contributed by atoms with van der Waals surface area (Å²) in [6.45, 7) is 8.73. The summed E-state index contributed by atoms with van der Waals surface area (Å²) in [6, 6.07) is 30.3. The molecule has 1 heterocycles. The Balaban J connectivity index is 1.86. The number of hydrogen-bond acceptors (Lipinski definition) is 2. The second kappa shape index (κ2) is 8.13. The van der Waals surface area contributed by atoms with Crippen LogP contribution in [0.15, 0.2) is 89.9 Å². The summed E-state index contributed by atoms with van der Waals surface area (Å²) in [5, 5.41) is 3.96. The lowest BCUT2D eigenvalue weighted by Gasteiger charge is -2.27. The van der Waals surface area contributed by atoms with Crippen molar-refractivity contribution in [2.75, 3.05) is 0 Å². The average molecular weight is 401 g/mol. The van der Waals surface area contributed by atoms with E-state index < -0.39 is 7.92 Å². The van der Waals surface area contributed by atoms with Gasteiger partial charge in [-0.3, -0.25) is 0 Å². The minimum atomic E-state index is -0.704. The first-order chi connectivity index (χ1) is 14.0. The fraction of sp³-hybridized carbons (Fsp3) is 0.269. The SMILES string of the molecule is CC(C)C1N=C(c2ccccc2P(c2ccccc2)c2ccccc2)OC1(C)C. The van der Waals surface area contributed by atoms with Gasteiger partial charge in [-0.2, -0.15) is 0 Å². The molecule has 0 radical (unpaired) electrons. The van der Waals surface area contributed by atoms with Crippen molar-refractivity contribution in [2.45, 2.75) is 39.3 Å². The van der Waals surface area contributed by atoms with Crippen LogP contribution in [0.1, 0.15) is 33.3 Å². The zero-order chi connectivity index (χ0) is 20.4. The Morgan fingerprint density at radius 3 is 1.83 bits per heavy atom. The average Bonchev–Trinajstić information content (AvgIpc) is 3.06. The number of ether oxygens (including phenoxy) is 1. The van der Waals surface area contributed by atoms with Gasteiger partial charge in [-0.1, -0.05) is 92.7 Å². The minimum Gasteiger partial charge on any atom is -0.469 e. The van der Waals surface area contributed by atoms with Crippen molar-refractivity contribution in [2.24, 2.45) is 10.9 Å². The minimum absolute atomic E-state index is 0.158. The molecule has 0 saturated carbocycles. The van der Waals surface area contributed by atoms with Gasteiger partial charge in [0, 0.05) is 5.56 Å². The maximum atomic E-state index is 6.43. The number of benzene rings is 3. The van der Waals surface area contributed by atoms with E-state index in [1.807, 2.05) is 0 Å². The van der Waals surface area contributed by atoms with E-state index in [1.165, 1.54) is 15.9 Å². The van der Waals surface area contributed by atoms with E-state index in [4.69, 9.17) is 9.73 Å². The number of rotatable bonds is 5. The maximum Gasteiger partial charge on any atom is 0.217 e. The highest BCUT2D eigenvalue weighted by atomic mass is 31.1. The Morgan fingerprint density at radius 2 is 1.31 bits per heavy atom. The molecular formula is C26H28NOP. The number of nitrogens with zero attached hydrogens (tertiary/aromatic N) is 1. The fourth-order valence-electron chi connectivity index (χ4n) is 4.12. The highest BCUT2D eigenvalue weighted by molar-refractivity contribution is 7.80. The van der Waals surface area contributed by atoms with E-state index in [0.29, 0.717) is 5.92 Å². The lowest BCUT2D eigenvalue weighted by molar-refractivity contribution is 0.0814. The van der Waals surface area contributed by atoms with Crippen molar-refractivity contribution in [3.63, 3.8) is 0 Å². The van der Waals surface area contributed by atoms with Crippen molar-refractivity contribution in [1.82, 2.24) is 0 Å². The van der Waals surface area contributed by atoms with Crippen LogP contribution in [-0.4, -0.2) is 17.5 Å². The van der Waals surface area contributed by atoms with Crippen LogP contribution in [0.5, 0.6) is 0 Å². The third kappa shape index (κ3) is 4.00. The Bertz CT molecular complexity index is 956. The molecule has 0 bridgehead atoms. The van der Waals surface area contributed by atoms with E-state index in [-0.39, 0.29) is 11.6 Å². The van der Waals surface area contributed by atoms with Gasteiger partial charge in [0.2, 0.25) is 5.90 Å². The Hall–Kier alpha value is -2.44. The predicted octanol–water partition coefficient (Wildman–Crippen LogP) is 5.02. The zero-order valence-corrected chi connectivity index (χ0v) is 18.4. The van der Waals surface area contributed by atoms with Crippen LogP contribution in [0.2, 0.25) is 0 Å². The molecule has 0 saturated heterocycles. The molecule has 2 nitrogen and oxygen atoms in total. The van der Waals surface area contributed by atoms with Crippen molar-refractivity contribution >= 4 is 29.7 Å². The lowest BCUT2D eigenvalue weighted by atomic mass is 9.90. The Labute approximate surface area is 175 Å². The molecule has 4 rings (SSSR count). The van der Waals surface area contributed by atoms with Crippen LogP contribution in [-0.2, 0) is 4.74 Å². The summed E-state index contributed by atoms with van der Waals surface area (Å²) in [5.41, 5.74) is 0.821. The molecule has 1 aliphatic heterocycles. The molecule has 0 aromatic heterocycles. The van der Waals surface area contributed by atoms with Gasteiger partial charge in [0.25, 0.3) is 0 Å². The predicted molar refractivity (Wildman–Crippen MR) is 125 cm³/mol. The van der Waals surface area contributed by atoms with Crippen molar-refractivity contribution in [1.29, 1.82) is 0 Å². The van der Waals surface area contributed by atoms with Gasteiger partial charge in [-0.15, -0.1) is 0 Å². The fourth-order valence-corrected chi connectivity index (χ4v) is 6.57. The molecule has 0 N–H and O–H groups in total. The van der Waals surface area contributed by atoms with E-state index in [9.17, 15) is 0 Å². The molecule has 3 aromatic carbocycles. The van der Waals surface area contributed by atoms with Crippen molar-refractivity contribution in [3.05, 3.63) is 90.5 Å². The number of hydrogen-bond donors (Lipinski definition) is 0. The van der Waals surface area contributed by atoms with Crippen LogP contribution in [0.3, 0.4) is 0 Å². The third-order valence-electron chi connectivity index (χ3n) is 5.36. The molecule has 148 valence electrons. The molecule has 1 aliphatic rings. The molecule has 0 fully saturated rings. The summed E-state index contributed by atoms with van der Waals surface area (Å²) in [6.07, 6.45) is 0. The Kier molecular flexibility index (Phi) is 5.56. The van der Waals surface area contributed by atoms with Crippen molar-refractivity contribution < 1.29 is 4.74 Å². The van der Waals surface area contributed by atoms with E-state index in [2.05, 4.69) is 113 Å². The summed E-state index contributed by atoms with van der Waals surface area (Å²) >= 11 is 0. The van der Waals surface area contributed by atoms with Gasteiger partial charge in [0.05, 0.1) is 6.04 Å². The quantitative estimate of drug-likeness (QED) is 0.550. The van der Waals surface area contributed by atoms with Gasteiger partial charge in [0.1, 0.15) is 5.60 Å². The molecule has 29 heavy (non-hydrogen) atoms. The van der Waals surface area contributed by atoms with Crippen LogP contribution in [0.4, 0.5) is 0 Å². The largest absolute Gasteiger partial charge is 0.469 e. The molecule has 3 heteroatoms. The third-order valence-corrected chi connectivity index (χ3v) is 7.86. The molecule has 0 amide bonds. The van der Waals surface area contributed by atoms with E-state index >= 15 is 0 Å². The second-order valence-corrected chi connectivity index (χ2v) is 10.5. The van der Waals surface area contributed by atoms with Gasteiger partial charge in [-0.05, 0) is 49.7 Å². The van der Waals surface area contributed by atoms with Crippen LogP contribution in [0, 0.1) is 5.92 Å². The Morgan fingerprint density at radius 1 is 0.793 bits per heavy atom. The highest BCUT2D eigenvalue weighted by Gasteiger charge is 2.41. The molecular weight excluding hydrogens is 373 g/mol. The van der Waals surface area contributed by atoms with E-state index in [0.717, 1.165) is 11.5 Å². The molecule has 3 aromatic rings. The zero-order valence-electron chi connectivity index (χ0n) is 17.5. The van der Waals surface area contributed by atoms with Crippen LogP contribution in [0.25, 0.3) is 0 Å². The van der Waals surface area contributed by atoms with Crippen LogP contribution < -0.4 is 15.9 Å². The second-order valence-electron chi connectivity index (χ2n) is 8.35. The topological polar surface area (TPSA) is 21.6 Å². The summed E-state index contributed by atoms with van der Waals surface area (Å²) in [7, 11) is -0.704. The van der Waals surface area contributed by atoms with Gasteiger partial charge < -0.3 is 4.74 Å². The normalized spacial score (nSPS) is 18.0. The lowest BCUT2D eigenvalue weighted by Crippen LogP contribution is -2.37. The van der Waals surface area contributed by atoms with Gasteiger partial charge in [0.15, 0.2) is 0 Å². The molecule has 0 spiro atoms. The first kappa shape index (κ1) is 19.9. The first-order valence-electron chi connectivity index (χ1n) is 10.2. The van der Waals surface area contributed by atoms with Crippen LogP contribution >= 0.6 is 7.92 Å². The van der Waals surface area contributed by atoms with Crippen molar-refractivity contribution in [3.8, 4) is 0 Å². The van der Waals surface area contributed by atoms with Gasteiger partial charge >= 0.3 is 0 Å².